The van der Waals surface area contributed by atoms with Crippen LogP contribution >= 0.6 is 0 Å². The number of rotatable bonds is 5. The molecule has 0 radical (unpaired) electrons. The molecular weight excluding hydrogens is 282 g/mol. The largest absolute Gasteiger partial charge is 0.356 e. The van der Waals surface area contributed by atoms with Gasteiger partial charge in [0.25, 0.3) is 0 Å². The summed E-state index contributed by atoms with van der Waals surface area (Å²) in [6.45, 7) is 9.10. The smallest absolute Gasteiger partial charge is 0.219 e. The molecular formula is C21H27NO. The van der Waals surface area contributed by atoms with Crippen LogP contribution in [0.1, 0.15) is 51.2 Å². The van der Waals surface area contributed by atoms with E-state index in [9.17, 15) is 4.79 Å². The Balaban J connectivity index is 2.06. The Kier molecular flexibility index (Phi) is 5.59. The molecule has 122 valence electrons. The molecule has 0 bridgehead atoms. The van der Waals surface area contributed by atoms with E-state index in [1.54, 1.807) is 0 Å². The molecule has 1 aliphatic rings. The van der Waals surface area contributed by atoms with Crippen molar-refractivity contribution in [2.45, 2.75) is 40.0 Å². The zero-order valence-corrected chi connectivity index (χ0v) is 14.6. The Labute approximate surface area is 140 Å². The van der Waals surface area contributed by atoms with E-state index in [1.165, 1.54) is 16.7 Å². The Morgan fingerprint density at radius 1 is 1.17 bits per heavy atom. The molecule has 1 unspecified atom stereocenters. The molecule has 1 aromatic carbocycles. The van der Waals surface area contributed by atoms with Crippen molar-refractivity contribution in [1.82, 2.24) is 5.32 Å². The van der Waals surface area contributed by atoms with Crippen LogP contribution < -0.4 is 5.32 Å². The summed E-state index contributed by atoms with van der Waals surface area (Å²) in [5, 5.41) is 2.96. The van der Waals surface area contributed by atoms with Gasteiger partial charge in [0.1, 0.15) is 0 Å². The molecule has 1 aliphatic carbocycles. The maximum absolute atomic E-state index is 11.4. The number of carbonyl (C=O) groups excluding carboxylic acids is 1. The fourth-order valence-electron chi connectivity index (χ4n) is 2.52. The third-order valence-electron chi connectivity index (χ3n) is 4.23. The van der Waals surface area contributed by atoms with E-state index in [1.807, 2.05) is 6.92 Å². The molecule has 1 atom stereocenters. The van der Waals surface area contributed by atoms with Gasteiger partial charge in [-0.2, -0.15) is 0 Å². The molecule has 2 rings (SSSR count). The van der Waals surface area contributed by atoms with E-state index in [4.69, 9.17) is 0 Å². The summed E-state index contributed by atoms with van der Waals surface area (Å²) in [7, 11) is 0. The van der Waals surface area contributed by atoms with Gasteiger partial charge in [-0.3, -0.25) is 4.79 Å². The second kappa shape index (κ2) is 7.45. The van der Waals surface area contributed by atoms with Gasteiger partial charge in [0.15, 0.2) is 0 Å². The van der Waals surface area contributed by atoms with Crippen LogP contribution in [0.3, 0.4) is 0 Å². The van der Waals surface area contributed by atoms with Gasteiger partial charge in [0.05, 0.1) is 0 Å². The van der Waals surface area contributed by atoms with Gasteiger partial charge in [0, 0.05) is 18.4 Å². The second-order valence-electron chi connectivity index (χ2n) is 6.82. The molecule has 1 amide bonds. The van der Waals surface area contributed by atoms with Crippen molar-refractivity contribution < 1.29 is 4.79 Å². The summed E-state index contributed by atoms with van der Waals surface area (Å²) in [4.78, 5) is 11.4. The summed E-state index contributed by atoms with van der Waals surface area (Å²) < 4.78 is 0. The number of carbonyl (C=O) groups is 1. The van der Waals surface area contributed by atoms with Gasteiger partial charge < -0.3 is 5.32 Å². The predicted octanol–water partition coefficient (Wildman–Crippen LogP) is 4.85. The van der Waals surface area contributed by atoms with Gasteiger partial charge in [-0.15, -0.1) is 0 Å². The van der Waals surface area contributed by atoms with E-state index in [0.29, 0.717) is 18.9 Å². The Hall–Kier alpha value is -2.09. The minimum Gasteiger partial charge on any atom is -0.356 e. The fraction of sp³-hybridized carbons (Fsp3) is 0.381. The maximum Gasteiger partial charge on any atom is 0.219 e. The number of benzene rings is 1. The molecule has 0 aromatic heterocycles. The van der Waals surface area contributed by atoms with Crippen molar-refractivity contribution in [2.75, 3.05) is 6.54 Å². The van der Waals surface area contributed by atoms with Gasteiger partial charge in [0.2, 0.25) is 5.91 Å². The number of allylic oxidation sites excluding steroid dienone is 6. The zero-order valence-electron chi connectivity index (χ0n) is 14.6. The standard InChI is InChI=1S/C21H27NO/c1-5-20(23)22-15-16(2)17-8-10-19(11-9-17)18-7-6-13-21(3,4)14-12-18/h6-14,16H,5,15H2,1-4H3,(H,22,23). The third kappa shape index (κ3) is 4.95. The minimum absolute atomic E-state index is 0.101. The SMILES string of the molecule is CCC(=O)NCC(C)c1ccc(C2=CC=CC(C)(C)C=C2)cc1. The quantitative estimate of drug-likeness (QED) is 0.827. The summed E-state index contributed by atoms with van der Waals surface area (Å²) in [5.74, 6) is 0.425. The van der Waals surface area contributed by atoms with Crippen LogP contribution in [-0.4, -0.2) is 12.5 Å². The number of amides is 1. The first-order valence-electron chi connectivity index (χ1n) is 8.37. The molecule has 0 saturated heterocycles. The van der Waals surface area contributed by atoms with E-state index in [2.05, 4.69) is 80.7 Å². The van der Waals surface area contributed by atoms with E-state index < -0.39 is 0 Å². The summed E-state index contributed by atoms with van der Waals surface area (Å²) >= 11 is 0. The maximum atomic E-state index is 11.4. The lowest BCUT2D eigenvalue weighted by molar-refractivity contribution is -0.120. The van der Waals surface area contributed by atoms with Crippen LogP contribution in [0.5, 0.6) is 0 Å². The van der Waals surface area contributed by atoms with Gasteiger partial charge in [-0.1, -0.05) is 82.3 Å². The molecule has 2 nitrogen and oxygen atoms in total. The summed E-state index contributed by atoms with van der Waals surface area (Å²) in [6.07, 6.45) is 11.5. The molecule has 2 heteroatoms. The first-order chi connectivity index (χ1) is 10.9. The van der Waals surface area contributed by atoms with Gasteiger partial charge in [-0.05, 0) is 22.6 Å². The summed E-state index contributed by atoms with van der Waals surface area (Å²) in [6, 6.07) is 8.64. The second-order valence-corrected chi connectivity index (χ2v) is 6.82. The molecule has 1 aromatic rings. The molecule has 1 N–H and O–H groups in total. The van der Waals surface area contributed by atoms with Crippen molar-refractivity contribution in [1.29, 1.82) is 0 Å². The highest BCUT2D eigenvalue weighted by molar-refractivity contribution is 5.76. The zero-order chi connectivity index (χ0) is 16.9. The lowest BCUT2D eigenvalue weighted by Gasteiger charge is -2.14. The number of nitrogens with one attached hydrogen (secondary N) is 1. The topological polar surface area (TPSA) is 29.1 Å². The Bertz CT molecular complexity index is 632. The van der Waals surface area contributed by atoms with Crippen LogP contribution in [0.2, 0.25) is 0 Å². The average molecular weight is 309 g/mol. The molecule has 0 heterocycles. The van der Waals surface area contributed by atoms with E-state index in [0.717, 1.165) is 0 Å². The van der Waals surface area contributed by atoms with Gasteiger partial charge in [-0.25, -0.2) is 0 Å². The highest BCUT2D eigenvalue weighted by Gasteiger charge is 2.12. The number of hydrogen-bond donors (Lipinski definition) is 1. The van der Waals surface area contributed by atoms with Crippen molar-refractivity contribution in [3.63, 3.8) is 0 Å². The minimum atomic E-state index is 0.101. The number of hydrogen-bond acceptors (Lipinski definition) is 1. The fourth-order valence-corrected chi connectivity index (χ4v) is 2.52. The first kappa shape index (κ1) is 17.3. The van der Waals surface area contributed by atoms with Crippen molar-refractivity contribution >= 4 is 11.5 Å². The molecule has 23 heavy (non-hydrogen) atoms. The van der Waals surface area contributed by atoms with Crippen LogP contribution in [0.25, 0.3) is 5.57 Å². The first-order valence-corrected chi connectivity index (χ1v) is 8.37. The molecule has 0 saturated carbocycles. The monoisotopic (exact) mass is 309 g/mol. The molecule has 0 fully saturated rings. The normalized spacial score (nSPS) is 17.3. The Morgan fingerprint density at radius 3 is 2.52 bits per heavy atom. The predicted molar refractivity (Wildman–Crippen MR) is 98.2 cm³/mol. The molecule has 0 spiro atoms. The average Bonchev–Trinajstić information content (AvgIpc) is 2.73. The molecule has 0 aliphatic heterocycles. The van der Waals surface area contributed by atoms with Crippen LogP contribution in [0.4, 0.5) is 0 Å². The van der Waals surface area contributed by atoms with Crippen LogP contribution in [0, 0.1) is 5.41 Å². The van der Waals surface area contributed by atoms with Crippen molar-refractivity contribution in [3.05, 3.63) is 65.8 Å². The lowest BCUT2D eigenvalue weighted by atomic mass is 9.92. The Morgan fingerprint density at radius 2 is 1.87 bits per heavy atom. The third-order valence-corrected chi connectivity index (χ3v) is 4.23. The van der Waals surface area contributed by atoms with Gasteiger partial charge >= 0.3 is 0 Å². The van der Waals surface area contributed by atoms with E-state index in [-0.39, 0.29) is 11.3 Å². The van der Waals surface area contributed by atoms with E-state index >= 15 is 0 Å². The lowest BCUT2D eigenvalue weighted by Crippen LogP contribution is -2.26. The van der Waals surface area contributed by atoms with Crippen molar-refractivity contribution in [2.24, 2.45) is 5.41 Å². The van der Waals surface area contributed by atoms with Crippen molar-refractivity contribution in [3.8, 4) is 0 Å². The summed E-state index contributed by atoms with van der Waals surface area (Å²) in [5.41, 5.74) is 3.80. The highest BCUT2D eigenvalue weighted by Crippen LogP contribution is 2.27. The highest BCUT2D eigenvalue weighted by atomic mass is 16.1. The van der Waals surface area contributed by atoms with Crippen LogP contribution in [0.15, 0.2) is 54.6 Å². The van der Waals surface area contributed by atoms with Crippen LogP contribution in [-0.2, 0) is 4.79 Å².